The highest BCUT2D eigenvalue weighted by molar-refractivity contribution is 5.95. The molecule has 1 atom stereocenters. The van der Waals surface area contributed by atoms with Crippen LogP contribution < -0.4 is 0 Å². The van der Waals surface area contributed by atoms with Crippen LogP contribution in [0.15, 0.2) is 65.1 Å². The van der Waals surface area contributed by atoms with Crippen LogP contribution in [0.4, 0.5) is 14.5 Å². The van der Waals surface area contributed by atoms with Crippen molar-refractivity contribution in [2.45, 2.75) is 18.9 Å². The smallest absolute Gasteiger partial charge is 0.270 e. The number of amides is 1. The predicted octanol–water partition coefficient (Wildman–Crippen LogP) is 5.66. The zero-order valence-corrected chi connectivity index (χ0v) is 17.2. The molecule has 1 saturated heterocycles. The van der Waals surface area contributed by atoms with Crippen LogP contribution in [0.3, 0.4) is 0 Å². The highest BCUT2D eigenvalue weighted by Gasteiger charge is 2.34. The number of hydrogen-bond donors (Lipinski definition) is 0. The number of nitro groups is 1. The number of oxazole rings is 1. The van der Waals surface area contributed by atoms with Crippen LogP contribution in [-0.2, 0) is 0 Å². The second-order valence-corrected chi connectivity index (χ2v) is 7.82. The fourth-order valence-electron chi connectivity index (χ4n) is 4.16. The predicted molar refractivity (Wildman–Crippen MR) is 115 cm³/mol. The summed E-state index contributed by atoms with van der Waals surface area (Å²) in [5.74, 6) is -1.33. The summed E-state index contributed by atoms with van der Waals surface area (Å²) in [6.07, 6.45) is 1.36. The molecule has 9 heteroatoms. The number of halogens is 2. The molecule has 3 aromatic carbocycles. The first-order chi connectivity index (χ1) is 15.9. The largest absolute Gasteiger partial charge is 0.438 e. The maximum Gasteiger partial charge on any atom is 0.270 e. The summed E-state index contributed by atoms with van der Waals surface area (Å²) in [6.45, 7) is 0.469. The quantitative estimate of drug-likeness (QED) is 0.296. The van der Waals surface area contributed by atoms with Gasteiger partial charge in [-0.15, -0.1) is 0 Å². The Bertz CT molecular complexity index is 1400. The van der Waals surface area contributed by atoms with E-state index in [1.165, 1.54) is 30.3 Å². The molecule has 0 N–H and O–H groups in total. The maximum absolute atomic E-state index is 14.2. The second kappa shape index (κ2) is 8.09. The lowest BCUT2D eigenvalue weighted by atomic mass is 10.0. The van der Waals surface area contributed by atoms with Gasteiger partial charge in [-0.1, -0.05) is 12.1 Å². The average Bonchev–Trinajstić information content (AvgIpc) is 3.45. The van der Waals surface area contributed by atoms with E-state index in [4.69, 9.17) is 4.42 Å². The van der Waals surface area contributed by atoms with Gasteiger partial charge in [0.25, 0.3) is 11.6 Å². The number of benzene rings is 3. The molecule has 1 fully saturated rings. The number of carbonyl (C=O) groups is 1. The Morgan fingerprint density at radius 1 is 1.12 bits per heavy atom. The van der Waals surface area contributed by atoms with E-state index < -0.39 is 22.6 Å². The SMILES string of the molecule is O=C(c1cccc([N+](=O)[O-])c1)N1CCC[C@H]1c1nc2cc(-c3ccc(F)cc3F)ccc2o1. The van der Waals surface area contributed by atoms with Crippen LogP contribution in [0.1, 0.15) is 35.1 Å². The zero-order chi connectivity index (χ0) is 23.1. The van der Waals surface area contributed by atoms with Gasteiger partial charge in [0.2, 0.25) is 5.89 Å². The number of non-ortho nitro benzene ring substituents is 1. The third kappa shape index (κ3) is 3.82. The molecule has 1 amide bonds. The van der Waals surface area contributed by atoms with E-state index in [-0.39, 0.29) is 22.7 Å². The van der Waals surface area contributed by atoms with Gasteiger partial charge in [0.15, 0.2) is 5.58 Å². The summed E-state index contributed by atoms with van der Waals surface area (Å²) >= 11 is 0. The average molecular weight is 449 g/mol. The van der Waals surface area contributed by atoms with Crippen molar-refractivity contribution in [3.63, 3.8) is 0 Å². The van der Waals surface area contributed by atoms with Gasteiger partial charge in [-0.3, -0.25) is 14.9 Å². The Morgan fingerprint density at radius 2 is 1.97 bits per heavy atom. The monoisotopic (exact) mass is 449 g/mol. The molecule has 0 aliphatic carbocycles. The van der Waals surface area contributed by atoms with Gasteiger partial charge in [0.05, 0.1) is 4.92 Å². The van der Waals surface area contributed by atoms with Gasteiger partial charge < -0.3 is 9.32 Å². The molecule has 1 aliphatic rings. The van der Waals surface area contributed by atoms with E-state index in [1.807, 2.05) is 0 Å². The lowest BCUT2D eigenvalue weighted by molar-refractivity contribution is -0.384. The lowest BCUT2D eigenvalue weighted by Crippen LogP contribution is -2.30. The van der Waals surface area contributed by atoms with Crippen LogP contribution in [-0.4, -0.2) is 27.3 Å². The summed E-state index contributed by atoms with van der Waals surface area (Å²) in [5.41, 5.74) is 1.80. The van der Waals surface area contributed by atoms with Crippen LogP contribution in [0.2, 0.25) is 0 Å². The highest BCUT2D eigenvalue weighted by atomic mass is 19.1. The number of hydrogen-bond acceptors (Lipinski definition) is 5. The van der Waals surface area contributed by atoms with Crippen molar-refractivity contribution >= 4 is 22.7 Å². The normalized spacial score (nSPS) is 15.8. The number of carbonyl (C=O) groups excluding carboxylic acids is 1. The summed E-state index contributed by atoms with van der Waals surface area (Å²) in [5, 5.41) is 11.1. The van der Waals surface area contributed by atoms with Gasteiger partial charge in [0, 0.05) is 35.9 Å². The Balaban J connectivity index is 1.46. The minimum absolute atomic E-state index is 0.154. The van der Waals surface area contributed by atoms with Gasteiger partial charge in [0.1, 0.15) is 23.2 Å². The Labute approximate surface area is 186 Å². The van der Waals surface area contributed by atoms with Gasteiger partial charge in [-0.05, 0) is 48.7 Å². The summed E-state index contributed by atoms with van der Waals surface area (Å²) in [4.78, 5) is 29.7. The minimum atomic E-state index is -0.678. The number of aromatic nitrogens is 1. The maximum atomic E-state index is 14.2. The third-order valence-corrected chi connectivity index (χ3v) is 5.75. The highest BCUT2D eigenvalue weighted by Crippen LogP contribution is 2.35. The summed E-state index contributed by atoms with van der Waals surface area (Å²) in [6, 6.07) is 13.5. The molecular formula is C24H17F2N3O4. The summed E-state index contributed by atoms with van der Waals surface area (Å²) in [7, 11) is 0. The number of nitro benzene ring substituents is 1. The molecule has 2 heterocycles. The zero-order valence-electron chi connectivity index (χ0n) is 17.2. The molecule has 0 saturated carbocycles. The first-order valence-electron chi connectivity index (χ1n) is 10.3. The van der Waals surface area contributed by atoms with E-state index >= 15 is 0 Å². The van der Waals surface area contributed by atoms with Gasteiger partial charge in [-0.25, -0.2) is 13.8 Å². The van der Waals surface area contributed by atoms with Crippen molar-refractivity contribution in [3.05, 3.63) is 93.9 Å². The van der Waals surface area contributed by atoms with E-state index in [1.54, 1.807) is 29.2 Å². The van der Waals surface area contributed by atoms with Gasteiger partial charge in [-0.2, -0.15) is 0 Å². The van der Waals surface area contributed by atoms with E-state index in [0.29, 0.717) is 35.5 Å². The fourth-order valence-corrected chi connectivity index (χ4v) is 4.16. The van der Waals surface area contributed by atoms with Crippen molar-refractivity contribution in [2.75, 3.05) is 6.54 Å². The summed E-state index contributed by atoms with van der Waals surface area (Å²) < 4.78 is 33.3. The van der Waals surface area contributed by atoms with Crippen molar-refractivity contribution in [3.8, 4) is 11.1 Å². The van der Waals surface area contributed by atoms with Crippen molar-refractivity contribution in [1.29, 1.82) is 0 Å². The lowest BCUT2D eigenvalue weighted by Gasteiger charge is -2.22. The van der Waals surface area contributed by atoms with Crippen molar-refractivity contribution < 1.29 is 22.9 Å². The van der Waals surface area contributed by atoms with Crippen LogP contribution in [0, 0.1) is 21.7 Å². The Hall–Kier alpha value is -4.14. The van der Waals surface area contributed by atoms with Crippen LogP contribution >= 0.6 is 0 Å². The van der Waals surface area contributed by atoms with E-state index in [9.17, 15) is 23.7 Å². The molecule has 1 aromatic heterocycles. The number of rotatable bonds is 4. The molecule has 0 radical (unpaired) electrons. The molecule has 1 aliphatic heterocycles. The molecular weight excluding hydrogens is 432 g/mol. The number of nitrogens with zero attached hydrogens (tertiary/aromatic N) is 3. The Morgan fingerprint density at radius 3 is 2.76 bits per heavy atom. The topological polar surface area (TPSA) is 89.5 Å². The standard InChI is InChI=1S/C24H17F2N3O4/c25-16-7-8-18(19(26)13-16)14-6-9-22-20(12-14)27-23(33-22)21-5-2-10-28(21)24(30)15-3-1-4-17(11-15)29(31)32/h1,3-4,6-9,11-13,21H,2,5,10H2/t21-/m0/s1. The Kier molecular flexibility index (Phi) is 5.08. The molecule has 0 unspecified atom stereocenters. The van der Waals surface area contributed by atoms with Crippen LogP contribution in [0.5, 0.6) is 0 Å². The van der Waals surface area contributed by atoms with Gasteiger partial charge >= 0.3 is 0 Å². The number of likely N-dealkylation sites (tertiary alicyclic amines) is 1. The third-order valence-electron chi connectivity index (χ3n) is 5.75. The molecule has 0 bridgehead atoms. The molecule has 5 rings (SSSR count). The fraction of sp³-hybridized carbons (Fsp3) is 0.167. The van der Waals surface area contributed by atoms with Crippen LogP contribution in [0.25, 0.3) is 22.2 Å². The number of fused-ring (bicyclic) bond motifs is 1. The molecule has 7 nitrogen and oxygen atoms in total. The van der Waals surface area contributed by atoms with E-state index in [2.05, 4.69) is 4.98 Å². The molecule has 4 aromatic rings. The van der Waals surface area contributed by atoms with Crippen molar-refractivity contribution in [1.82, 2.24) is 9.88 Å². The molecule has 0 spiro atoms. The molecule has 166 valence electrons. The first-order valence-corrected chi connectivity index (χ1v) is 10.3. The van der Waals surface area contributed by atoms with Crippen molar-refractivity contribution in [2.24, 2.45) is 0 Å². The first kappa shape index (κ1) is 20.7. The minimum Gasteiger partial charge on any atom is -0.438 e. The molecule has 33 heavy (non-hydrogen) atoms. The second-order valence-electron chi connectivity index (χ2n) is 7.82. The van der Waals surface area contributed by atoms with E-state index in [0.717, 1.165) is 12.5 Å².